The SMILES string of the molecule is CSc1nnc(SCC(C)(N)C#N)s1. The number of nitrogens with zero attached hydrogens (tertiary/aromatic N) is 3. The van der Waals surface area contributed by atoms with E-state index in [1.165, 1.54) is 23.1 Å². The van der Waals surface area contributed by atoms with Crippen molar-refractivity contribution in [2.45, 2.75) is 21.1 Å². The summed E-state index contributed by atoms with van der Waals surface area (Å²) in [4.78, 5) is 0. The Labute approximate surface area is 95.3 Å². The minimum absolute atomic E-state index is 0.534. The fourth-order valence-electron chi connectivity index (χ4n) is 0.582. The quantitative estimate of drug-likeness (QED) is 0.813. The van der Waals surface area contributed by atoms with E-state index in [4.69, 9.17) is 11.0 Å². The summed E-state index contributed by atoms with van der Waals surface area (Å²) in [5.74, 6) is 0.534. The summed E-state index contributed by atoms with van der Waals surface area (Å²) in [6, 6.07) is 2.04. The number of nitrogens with two attached hydrogens (primary N) is 1. The zero-order valence-electron chi connectivity index (χ0n) is 7.85. The fraction of sp³-hybridized carbons (Fsp3) is 0.571. The Kier molecular flexibility index (Phi) is 4.19. The number of nitriles is 1. The summed E-state index contributed by atoms with van der Waals surface area (Å²) in [7, 11) is 0. The van der Waals surface area contributed by atoms with Crippen molar-refractivity contribution in [2.24, 2.45) is 5.73 Å². The normalized spacial score (nSPS) is 14.7. The highest BCUT2D eigenvalue weighted by atomic mass is 32.2. The van der Waals surface area contributed by atoms with E-state index in [0.29, 0.717) is 5.75 Å². The standard InChI is InChI=1S/C7H10N4S3/c1-7(9,3-8)4-13-6-11-10-5(12-2)14-6/h4,9H2,1-2H3. The van der Waals surface area contributed by atoms with Gasteiger partial charge in [0.05, 0.1) is 6.07 Å². The van der Waals surface area contributed by atoms with E-state index in [0.717, 1.165) is 8.68 Å². The van der Waals surface area contributed by atoms with Gasteiger partial charge in [-0.3, -0.25) is 0 Å². The fourth-order valence-corrected chi connectivity index (χ4v) is 2.98. The van der Waals surface area contributed by atoms with Crippen molar-refractivity contribution in [1.82, 2.24) is 10.2 Å². The van der Waals surface area contributed by atoms with Crippen molar-refractivity contribution in [2.75, 3.05) is 12.0 Å². The van der Waals surface area contributed by atoms with Crippen LogP contribution in [0.15, 0.2) is 8.68 Å². The predicted octanol–water partition coefficient (Wildman–Crippen LogP) is 1.59. The first-order valence-electron chi connectivity index (χ1n) is 3.78. The molecule has 0 aliphatic carbocycles. The average molecular weight is 246 g/mol. The highest BCUT2D eigenvalue weighted by Crippen LogP contribution is 2.28. The van der Waals surface area contributed by atoms with Crippen molar-refractivity contribution in [3.8, 4) is 6.07 Å². The molecule has 1 unspecified atom stereocenters. The average Bonchev–Trinajstić information content (AvgIpc) is 2.63. The maximum atomic E-state index is 8.70. The molecule has 1 atom stereocenters. The smallest absolute Gasteiger partial charge is 0.175 e. The first-order chi connectivity index (χ1) is 6.57. The van der Waals surface area contributed by atoms with Gasteiger partial charge in [0.2, 0.25) is 0 Å². The van der Waals surface area contributed by atoms with Crippen LogP contribution >= 0.6 is 34.9 Å². The van der Waals surface area contributed by atoms with Gasteiger partial charge in [-0.1, -0.05) is 34.9 Å². The minimum atomic E-state index is -0.796. The third-order valence-electron chi connectivity index (χ3n) is 1.31. The van der Waals surface area contributed by atoms with Crippen LogP contribution in [0.25, 0.3) is 0 Å². The Morgan fingerprint density at radius 2 is 2.21 bits per heavy atom. The summed E-state index contributed by atoms with van der Waals surface area (Å²) in [5, 5.41) is 16.6. The van der Waals surface area contributed by atoms with Crippen LogP contribution in [0.2, 0.25) is 0 Å². The molecule has 76 valence electrons. The molecule has 0 aliphatic heterocycles. The summed E-state index contributed by atoms with van der Waals surface area (Å²) in [6.07, 6.45) is 1.96. The molecule has 1 heterocycles. The number of rotatable bonds is 4. The van der Waals surface area contributed by atoms with Gasteiger partial charge in [0.1, 0.15) is 5.54 Å². The predicted molar refractivity (Wildman–Crippen MR) is 60.6 cm³/mol. The molecule has 0 spiro atoms. The summed E-state index contributed by atoms with van der Waals surface area (Å²) in [6.45, 7) is 1.70. The molecule has 0 amide bonds. The van der Waals surface area contributed by atoms with Crippen molar-refractivity contribution in [1.29, 1.82) is 5.26 Å². The molecule has 1 rings (SSSR count). The molecule has 7 heteroatoms. The Balaban J connectivity index is 2.50. The molecule has 0 aliphatic rings. The van der Waals surface area contributed by atoms with Crippen LogP contribution in [0.5, 0.6) is 0 Å². The minimum Gasteiger partial charge on any atom is -0.313 e. The molecule has 4 nitrogen and oxygen atoms in total. The molecular weight excluding hydrogens is 236 g/mol. The molecule has 2 N–H and O–H groups in total. The topological polar surface area (TPSA) is 75.6 Å². The van der Waals surface area contributed by atoms with Crippen LogP contribution in [0, 0.1) is 11.3 Å². The number of aromatic nitrogens is 2. The third kappa shape index (κ3) is 3.46. The lowest BCUT2D eigenvalue weighted by Gasteiger charge is -2.12. The van der Waals surface area contributed by atoms with E-state index in [-0.39, 0.29) is 0 Å². The zero-order valence-corrected chi connectivity index (χ0v) is 10.3. The third-order valence-corrected chi connectivity index (χ3v) is 4.68. The first kappa shape index (κ1) is 11.8. The summed E-state index contributed by atoms with van der Waals surface area (Å²) >= 11 is 4.56. The Bertz CT molecular complexity index is 341. The Morgan fingerprint density at radius 1 is 1.57 bits per heavy atom. The largest absolute Gasteiger partial charge is 0.313 e. The lowest BCUT2D eigenvalue weighted by Crippen LogP contribution is -2.36. The monoisotopic (exact) mass is 246 g/mol. The molecule has 14 heavy (non-hydrogen) atoms. The highest BCUT2D eigenvalue weighted by Gasteiger charge is 2.18. The Morgan fingerprint density at radius 3 is 2.71 bits per heavy atom. The number of thioether (sulfide) groups is 2. The highest BCUT2D eigenvalue weighted by molar-refractivity contribution is 8.03. The first-order valence-corrected chi connectivity index (χ1v) is 6.80. The molecule has 0 fully saturated rings. The van der Waals surface area contributed by atoms with Gasteiger partial charge in [-0.05, 0) is 13.2 Å². The molecule has 0 radical (unpaired) electrons. The van der Waals surface area contributed by atoms with Gasteiger partial charge in [0.25, 0.3) is 0 Å². The second kappa shape index (κ2) is 4.98. The molecule has 1 aromatic rings. The van der Waals surface area contributed by atoms with Gasteiger partial charge < -0.3 is 5.73 Å². The molecular formula is C7H10N4S3. The van der Waals surface area contributed by atoms with Gasteiger partial charge in [-0.2, -0.15) is 5.26 Å². The molecule has 0 saturated heterocycles. The van der Waals surface area contributed by atoms with Crippen molar-refractivity contribution >= 4 is 34.9 Å². The van der Waals surface area contributed by atoms with E-state index < -0.39 is 5.54 Å². The second-order valence-electron chi connectivity index (χ2n) is 2.86. The molecule has 1 aromatic heterocycles. The lowest BCUT2D eigenvalue weighted by atomic mass is 10.1. The summed E-state index contributed by atoms with van der Waals surface area (Å²) < 4.78 is 1.80. The number of hydrogen-bond donors (Lipinski definition) is 1. The van der Waals surface area contributed by atoms with Crippen LogP contribution in [0.4, 0.5) is 0 Å². The second-order valence-corrected chi connectivity index (χ2v) is 6.11. The van der Waals surface area contributed by atoms with Gasteiger partial charge in [0, 0.05) is 5.75 Å². The molecule has 0 bridgehead atoms. The molecule has 0 saturated carbocycles. The van der Waals surface area contributed by atoms with Crippen molar-refractivity contribution in [3.05, 3.63) is 0 Å². The van der Waals surface area contributed by atoms with E-state index in [1.807, 2.05) is 12.3 Å². The van der Waals surface area contributed by atoms with Crippen molar-refractivity contribution in [3.63, 3.8) is 0 Å². The van der Waals surface area contributed by atoms with E-state index in [1.54, 1.807) is 18.7 Å². The summed E-state index contributed by atoms with van der Waals surface area (Å²) in [5.41, 5.74) is 4.88. The van der Waals surface area contributed by atoms with Crippen LogP contribution in [-0.4, -0.2) is 27.7 Å². The van der Waals surface area contributed by atoms with E-state index in [9.17, 15) is 0 Å². The van der Waals surface area contributed by atoms with Gasteiger partial charge >= 0.3 is 0 Å². The Hall–Kier alpha value is -0.290. The maximum Gasteiger partial charge on any atom is 0.175 e. The van der Waals surface area contributed by atoms with E-state index >= 15 is 0 Å². The lowest BCUT2D eigenvalue weighted by molar-refractivity contribution is 0.681. The zero-order chi connectivity index (χ0) is 10.6. The van der Waals surface area contributed by atoms with Crippen LogP contribution < -0.4 is 5.73 Å². The van der Waals surface area contributed by atoms with Gasteiger partial charge in [-0.25, -0.2) is 0 Å². The van der Waals surface area contributed by atoms with Crippen LogP contribution in [0.1, 0.15) is 6.92 Å². The van der Waals surface area contributed by atoms with Crippen LogP contribution in [-0.2, 0) is 0 Å². The van der Waals surface area contributed by atoms with Gasteiger partial charge in [-0.15, -0.1) is 10.2 Å². The van der Waals surface area contributed by atoms with Crippen LogP contribution in [0.3, 0.4) is 0 Å². The number of hydrogen-bond acceptors (Lipinski definition) is 7. The molecule has 0 aromatic carbocycles. The van der Waals surface area contributed by atoms with Gasteiger partial charge in [0.15, 0.2) is 8.68 Å². The maximum absolute atomic E-state index is 8.70. The van der Waals surface area contributed by atoms with Crippen molar-refractivity contribution < 1.29 is 0 Å². The van der Waals surface area contributed by atoms with E-state index in [2.05, 4.69) is 10.2 Å².